The summed E-state index contributed by atoms with van der Waals surface area (Å²) in [6.45, 7) is 0. The molecular formula is C70H44. The van der Waals surface area contributed by atoms with Gasteiger partial charge in [-0.2, -0.15) is 0 Å². The first kappa shape index (κ1) is 40.0. The Bertz CT molecular complexity index is 3660. The van der Waals surface area contributed by atoms with Gasteiger partial charge in [0.2, 0.25) is 0 Å². The predicted octanol–water partition coefficient (Wildman–Crippen LogP) is 19.5. The predicted molar refractivity (Wildman–Crippen MR) is 296 cm³/mol. The number of rotatable bonds is 0. The van der Waals surface area contributed by atoms with Crippen LogP contribution in [-0.2, 0) is 0 Å². The Morgan fingerprint density at radius 3 is 0.486 bits per heavy atom. The first-order valence-electron chi connectivity index (χ1n) is 24.3. The third-order valence-electron chi connectivity index (χ3n) is 14.9. The molecule has 0 amide bonds. The van der Waals surface area contributed by atoms with Crippen LogP contribution in [0, 0.1) is 0 Å². The van der Waals surface area contributed by atoms with E-state index in [1.54, 1.807) is 0 Å². The quantitative estimate of drug-likeness (QED) is 0.142. The van der Waals surface area contributed by atoms with Gasteiger partial charge in [-0.25, -0.2) is 0 Å². The van der Waals surface area contributed by atoms with E-state index in [4.69, 9.17) is 0 Å². The highest BCUT2D eigenvalue weighted by atomic mass is 14.3. The van der Waals surface area contributed by atoms with E-state index in [0.29, 0.717) is 0 Å². The molecule has 324 valence electrons. The molecule has 12 aromatic rings. The minimum absolute atomic E-state index is 1.20. The number of hydrogen-bond donors (Lipinski definition) is 0. The van der Waals surface area contributed by atoms with Crippen LogP contribution in [0.3, 0.4) is 0 Å². The van der Waals surface area contributed by atoms with E-state index in [9.17, 15) is 0 Å². The van der Waals surface area contributed by atoms with Gasteiger partial charge >= 0.3 is 0 Å². The van der Waals surface area contributed by atoms with E-state index in [0.717, 1.165) is 0 Å². The highest BCUT2D eigenvalue weighted by Crippen LogP contribution is 2.54. The van der Waals surface area contributed by atoms with Crippen LogP contribution < -0.4 is 0 Å². The molecule has 0 N–H and O–H groups in total. The normalized spacial score (nSPS) is 11.7. The molecule has 29 aliphatic carbocycles. The molecular weight excluding hydrogens is 841 g/mol. The summed E-state index contributed by atoms with van der Waals surface area (Å²) < 4.78 is 0. The average molecular weight is 885 g/mol. The van der Waals surface area contributed by atoms with Crippen molar-refractivity contribution in [2.45, 2.75) is 0 Å². The molecule has 41 rings (SSSR count). The summed E-state index contributed by atoms with van der Waals surface area (Å²) in [5.74, 6) is 0. The van der Waals surface area contributed by atoms with Crippen molar-refractivity contribution in [3.05, 3.63) is 267 Å². The SMILES string of the molecule is c1cc2c3c(cccc3c1)-c1c3ccc(c1-2)-c1ccc(cc1)-c1ccc(cc1)-c1ccc(cc1)-c1ccc(cc1)-c1ccc(cc1)-c1ccc(cc1)-c1ccc(cc1)-c1ccc(cc1)-c1ccc-3cc1. The molecule has 12 aromatic carbocycles. The van der Waals surface area contributed by atoms with Crippen LogP contribution in [-0.4, -0.2) is 0 Å². The Morgan fingerprint density at radius 1 is 0.129 bits per heavy atom. The van der Waals surface area contributed by atoms with Crippen LogP contribution in [0.4, 0.5) is 0 Å². The zero-order valence-electron chi connectivity index (χ0n) is 38.4. The highest BCUT2D eigenvalue weighted by molar-refractivity contribution is 6.21. The lowest BCUT2D eigenvalue weighted by Crippen LogP contribution is -1.90. The molecule has 0 fully saturated rings. The van der Waals surface area contributed by atoms with Crippen molar-refractivity contribution < 1.29 is 0 Å². The summed E-state index contributed by atoms with van der Waals surface area (Å²) in [4.78, 5) is 0. The van der Waals surface area contributed by atoms with Crippen molar-refractivity contribution in [1.82, 2.24) is 0 Å². The summed E-state index contributed by atoms with van der Waals surface area (Å²) in [7, 11) is 0. The van der Waals surface area contributed by atoms with Gasteiger partial charge in [0, 0.05) is 0 Å². The minimum Gasteiger partial charge on any atom is -0.0610 e. The number of hydrogen-bond acceptors (Lipinski definition) is 0. The van der Waals surface area contributed by atoms with Crippen molar-refractivity contribution in [2.24, 2.45) is 0 Å². The van der Waals surface area contributed by atoms with Crippen LogP contribution in [0.15, 0.2) is 267 Å². The van der Waals surface area contributed by atoms with Crippen molar-refractivity contribution in [3.63, 3.8) is 0 Å². The molecule has 0 radical (unpaired) electrons. The molecule has 0 heterocycles. The van der Waals surface area contributed by atoms with Crippen LogP contribution in [0.25, 0.3) is 144 Å². The fraction of sp³-hybridized carbons (Fsp3) is 0. The van der Waals surface area contributed by atoms with Crippen molar-refractivity contribution in [2.75, 3.05) is 0 Å². The van der Waals surface area contributed by atoms with E-state index in [2.05, 4.69) is 267 Å². The molecule has 0 atom stereocenters. The van der Waals surface area contributed by atoms with Crippen LogP contribution in [0.1, 0.15) is 0 Å². The van der Waals surface area contributed by atoms with E-state index < -0.39 is 0 Å². The second-order valence-corrected chi connectivity index (χ2v) is 18.8. The zero-order valence-corrected chi connectivity index (χ0v) is 38.4. The smallest absolute Gasteiger partial charge is 0.00139 e. The van der Waals surface area contributed by atoms with Crippen molar-refractivity contribution >= 4 is 10.8 Å². The fourth-order valence-electron chi connectivity index (χ4n) is 11.1. The lowest BCUT2D eigenvalue weighted by Gasteiger charge is -2.16. The average Bonchev–Trinajstić information content (AvgIpc) is 3.79. The molecule has 0 aliphatic heterocycles. The molecule has 0 unspecified atom stereocenters. The molecule has 0 saturated carbocycles. The van der Waals surface area contributed by atoms with Crippen molar-refractivity contribution in [3.8, 4) is 134 Å². The summed E-state index contributed by atoms with van der Waals surface area (Å²) in [6, 6.07) is 99.2. The molecule has 0 aromatic heterocycles. The van der Waals surface area contributed by atoms with Gasteiger partial charge in [-0.05, 0) is 144 Å². The summed E-state index contributed by atoms with van der Waals surface area (Å²) in [6.07, 6.45) is 0. The monoisotopic (exact) mass is 884 g/mol. The molecule has 70 heavy (non-hydrogen) atoms. The Hall–Kier alpha value is -9.10. The molecule has 0 heteroatoms. The van der Waals surface area contributed by atoms with E-state index in [1.165, 1.54) is 144 Å². The van der Waals surface area contributed by atoms with Gasteiger partial charge in [0.05, 0.1) is 0 Å². The third-order valence-corrected chi connectivity index (χ3v) is 14.9. The summed E-state index contributed by atoms with van der Waals surface area (Å²) >= 11 is 0. The Morgan fingerprint density at radius 2 is 0.300 bits per heavy atom. The first-order chi connectivity index (χ1) is 34.6. The molecule has 0 spiro atoms. The summed E-state index contributed by atoms with van der Waals surface area (Å²) in [5.41, 5.74) is 29.5. The standard InChI is InChI=1S/C70H44/c1-3-63-4-2-6-67-68(63)66(5-1)69-64-43-44-65(70(67)69)62-41-37-60(38-42-62)58-33-29-56(30-34-58)54-25-21-52(22-26-54)50-17-13-48(14-18-50)46-9-7-45(8-10-46)47-11-15-49(16-12-47)51-19-23-53(24-20-51)55-27-31-57(32-28-55)59-35-39-61(64)40-36-59/h1-44H. The van der Waals surface area contributed by atoms with Gasteiger partial charge in [-0.15, -0.1) is 0 Å². The van der Waals surface area contributed by atoms with Gasteiger partial charge in [-0.1, -0.05) is 267 Å². The maximum absolute atomic E-state index is 2.34. The van der Waals surface area contributed by atoms with Crippen LogP contribution >= 0.6 is 0 Å². The topological polar surface area (TPSA) is 0 Å². The Kier molecular flexibility index (Phi) is 9.32. The lowest BCUT2D eigenvalue weighted by molar-refractivity contribution is 1.55. The maximum atomic E-state index is 2.34. The van der Waals surface area contributed by atoms with Crippen LogP contribution in [0.5, 0.6) is 0 Å². The Balaban J connectivity index is 0.842. The highest BCUT2D eigenvalue weighted by Gasteiger charge is 2.27. The van der Waals surface area contributed by atoms with E-state index in [1.807, 2.05) is 0 Å². The third kappa shape index (κ3) is 6.84. The second-order valence-electron chi connectivity index (χ2n) is 18.8. The van der Waals surface area contributed by atoms with Gasteiger partial charge < -0.3 is 0 Å². The molecule has 20 bridgehead atoms. The van der Waals surface area contributed by atoms with Crippen LogP contribution in [0.2, 0.25) is 0 Å². The minimum atomic E-state index is 1.20. The van der Waals surface area contributed by atoms with E-state index >= 15 is 0 Å². The second kappa shape index (κ2) is 16.3. The van der Waals surface area contributed by atoms with Gasteiger partial charge in [0.15, 0.2) is 0 Å². The van der Waals surface area contributed by atoms with Gasteiger partial charge in [0.1, 0.15) is 0 Å². The lowest BCUT2D eigenvalue weighted by atomic mass is 9.87. The van der Waals surface area contributed by atoms with Gasteiger partial charge in [-0.3, -0.25) is 0 Å². The van der Waals surface area contributed by atoms with Gasteiger partial charge in [0.25, 0.3) is 0 Å². The fourth-order valence-corrected chi connectivity index (χ4v) is 11.1. The largest absolute Gasteiger partial charge is 0.0610 e. The first-order valence-corrected chi connectivity index (χ1v) is 24.3. The van der Waals surface area contributed by atoms with E-state index in [-0.39, 0.29) is 0 Å². The Labute approximate surface area is 409 Å². The molecule has 0 nitrogen and oxygen atoms in total. The summed E-state index contributed by atoms with van der Waals surface area (Å²) in [5, 5.41) is 2.62. The molecule has 29 aliphatic rings. The zero-order chi connectivity index (χ0) is 46.1. The maximum Gasteiger partial charge on any atom is -0.00139 e. The number of benzene rings is 12. The van der Waals surface area contributed by atoms with Crippen molar-refractivity contribution in [1.29, 1.82) is 0 Å². The molecule has 0 saturated heterocycles.